The summed E-state index contributed by atoms with van der Waals surface area (Å²) in [5.41, 5.74) is 0. The molecular weight excluding hydrogens is 238 g/mol. The molecule has 0 unspecified atom stereocenters. The van der Waals surface area contributed by atoms with E-state index in [1.165, 1.54) is 10.9 Å². The van der Waals surface area contributed by atoms with Gasteiger partial charge in [-0.15, -0.1) is 0 Å². The van der Waals surface area contributed by atoms with Gasteiger partial charge in [0.05, 0.1) is 12.5 Å². The van der Waals surface area contributed by atoms with E-state index in [9.17, 15) is 9.59 Å². The minimum Gasteiger partial charge on any atom is -0.480 e. The maximum absolute atomic E-state index is 11.6. The van der Waals surface area contributed by atoms with Crippen LogP contribution in [0, 0.1) is 0 Å². The van der Waals surface area contributed by atoms with Crippen molar-refractivity contribution in [1.82, 2.24) is 9.78 Å². The van der Waals surface area contributed by atoms with Crippen LogP contribution in [0.25, 0.3) is 0 Å². The van der Waals surface area contributed by atoms with Crippen LogP contribution < -0.4 is 5.32 Å². The molecule has 1 amide bonds. The molecule has 0 aliphatic carbocycles. The van der Waals surface area contributed by atoms with E-state index in [-0.39, 0.29) is 18.6 Å². The monoisotopic (exact) mass is 253 g/mol. The summed E-state index contributed by atoms with van der Waals surface area (Å²) in [7, 11) is 0. The van der Waals surface area contributed by atoms with E-state index in [0.717, 1.165) is 12.8 Å². The highest BCUT2D eigenvalue weighted by Crippen LogP contribution is 2.15. The maximum atomic E-state index is 11.6. The minimum atomic E-state index is -0.977. The summed E-state index contributed by atoms with van der Waals surface area (Å²) in [6.45, 7) is 0.493. The van der Waals surface area contributed by atoms with Crippen LogP contribution >= 0.6 is 0 Å². The van der Waals surface area contributed by atoms with Crippen molar-refractivity contribution >= 4 is 17.7 Å². The number of hydrogen-bond donors (Lipinski definition) is 2. The van der Waals surface area contributed by atoms with E-state index < -0.39 is 5.97 Å². The van der Waals surface area contributed by atoms with Gasteiger partial charge in [0.15, 0.2) is 5.82 Å². The van der Waals surface area contributed by atoms with Crippen LogP contribution in [0.5, 0.6) is 0 Å². The van der Waals surface area contributed by atoms with E-state index in [0.29, 0.717) is 18.8 Å². The van der Waals surface area contributed by atoms with Crippen molar-refractivity contribution in [1.29, 1.82) is 0 Å². The number of rotatable bonds is 5. The van der Waals surface area contributed by atoms with Crippen molar-refractivity contribution in [3.8, 4) is 0 Å². The molecule has 2 rings (SSSR count). The summed E-state index contributed by atoms with van der Waals surface area (Å²) in [6.07, 6.45) is 3.71. The van der Waals surface area contributed by atoms with Crippen LogP contribution in [-0.2, 0) is 20.9 Å². The lowest BCUT2D eigenvalue weighted by Gasteiger charge is -2.07. The van der Waals surface area contributed by atoms with E-state index in [2.05, 4.69) is 10.4 Å². The SMILES string of the molecule is O=C(O)Cn1ccc(NC(=O)C[C@@H]2CCCO2)n1. The Hall–Kier alpha value is -1.89. The highest BCUT2D eigenvalue weighted by Gasteiger charge is 2.19. The molecule has 1 aliphatic rings. The Balaban J connectivity index is 1.82. The van der Waals surface area contributed by atoms with Crippen molar-refractivity contribution in [2.24, 2.45) is 0 Å². The molecule has 0 bridgehead atoms. The molecule has 7 heteroatoms. The van der Waals surface area contributed by atoms with Crippen LogP contribution in [0.2, 0.25) is 0 Å². The second-order valence-corrected chi connectivity index (χ2v) is 4.18. The Kier molecular flexibility index (Phi) is 3.93. The fourth-order valence-corrected chi connectivity index (χ4v) is 1.86. The standard InChI is InChI=1S/C11H15N3O4/c15-10(6-8-2-1-5-18-8)12-9-3-4-14(13-9)7-11(16)17/h3-4,8H,1-2,5-7H2,(H,16,17)(H,12,13,15)/t8-/m0/s1. The summed E-state index contributed by atoms with van der Waals surface area (Å²) >= 11 is 0. The normalized spacial score (nSPS) is 18.8. The molecule has 0 aromatic carbocycles. The number of carboxylic acids is 1. The van der Waals surface area contributed by atoms with Crippen LogP contribution in [0.3, 0.4) is 0 Å². The maximum Gasteiger partial charge on any atom is 0.325 e. The average molecular weight is 253 g/mol. The molecule has 1 fully saturated rings. The van der Waals surface area contributed by atoms with Gasteiger partial charge in [0.2, 0.25) is 5.91 Å². The van der Waals surface area contributed by atoms with Crippen molar-refractivity contribution in [2.45, 2.75) is 31.9 Å². The van der Waals surface area contributed by atoms with Gasteiger partial charge >= 0.3 is 5.97 Å². The van der Waals surface area contributed by atoms with Gasteiger partial charge in [-0.05, 0) is 12.8 Å². The van der Waals surface area contributed by atoms with Crippen LogP contribution in [-0.4, -0.2) is 39.5 Å². The van der Waals surface area contributed by atoms with E-state index in [1.54, 1.807) is 6.07 Å². The van der Waals surface area contributed by atoms with Gasteiger partial charge in [-0.1, -0.05) is 0 Å². The predicted molar refractivity (Wildman–Crippen MR) is 62.1 cm³/mol. The third-order valence-corrected chi connectivity index (χ3v) is 2.64. The first kappa shape index (κ1) is 12.6. The van der Waals surface area contributed by atoms with Crippen LogP contribution in [0.15, 0.2) is 12.3 Å². The molecule has 0 saturated carbocycles. The molecule has 2 N–H and O–H groups in total. The summed E-state index contributed by atoms with van der Waals surface area (Å²) in [4.78, 5) is 22.1. The largest absolute Gasteiger partial charge is 0.480 e. The zero-order chi connectivity index (χ0) is 13.0. The van der Waals surface area contributed by atoms with Gasteiger partial charge in [-0.2, -0.15) is 5.10 Å². The first-order valence-corrected chi connectivity index (χ1v) is 5.80. The Labute approximate surface area is 104 Å². The number of carbonyl (C=O) groups excluding carboxylic acids is 1. The molecule has 1 atom stereocenters. The fraction of sp³-hybridized carbons (Fsp3) is 0.545. The summed E-state index contributed by atoms with van der Waals surface area (Å²) in [5.74, 6) is -0.781. The Morgan fingerprint density at radius 2 is 2.44 bits per heavy atom. The smallest absolute Gasteiger partial charge is 0.325 e. The quantitative estimate of drug-likeness (QED) is 0.795. The van der Waals surface area contributed by atoms with Crippen molar-refractivity contribution < 1.29 is 19.4 Å². The number of nitrogens with one attached hydrogen (secondary N) is 1. The summed E-state index contributed by atoms with van der Waals surface area (Å²) in [6, 6.07) is 1.57. The van der Waals surface area contributed by atoms with E-state index >= 15 is 0 Å². The number of carboxylic acid groups (broad SMARTS) is 1. The van der Waals surface area contributed by atoms with Gasteiger partial charge < -0.3 is 15.2 Å². The second-order valence-electron chi connectivity index (χ2n) is 4.18. The van der Waals surface area contributed by atoms with Gasteiger partial charge in [0, 0.05) is 18.9 Å². The Bertz CT molecular complexity index is 437. The molecule has 18 heavy (non-hydrogen) atoms. The third kappa shape index (κ3) is 3.56. The minimum absolute atomic E-state index is 0.00824. The number of aliphatic carboxylic acids is 1. The first-order valence-electron chi connectivity index (χ1n) is 5.80. The lowest BCUT2D eigenvalue weighted by molar-refractivity contribution is -0.137. The summed E-state index contributed by atoms with van der Waals surface area (Å²) in [5, 5.41) is 15.1. The highest BCUT2D eigenvalue weighted by atomic mass is 16.5. The van der Waals surface area contributed by atoms with Gasteiger partial charge in [-0.25, -0.2) is 0 Å². The van der Waals surface area contributed by atoms with Gasteiger partial charge in [-0.3, -0.25) is 14.3 Å². The van der Waals surface area contributed by atoms with Crippen molar-refractivity contribution in [2.75, 3.05) is 11.9 Å². The Morgan fingerprint density at radius 1 is 1.61 bits per heavy atom. The number of hydrogen-bond acceptors (Lipinski definition) is 4. The Morgan fingerprint density at radius 3 is 3.11 bits per heavy atom. The van der Waals surface area contributed by atoms with E-state index in [4.69, 9.17) is 9.84 Å². The molecular formula is C11H15N3O4. The number of carbonyl (C=O) groups is 2. The molecule has 98 valence electrons. The molecule has 0 spiro atoms. The highest BCUT2D eigenvalue weighted by molar-refractivity contribution is 5.90. The molecule has 0 radical (unpaired) electrons. The molecule has 1 aliphatic heterocycles. The number of anilines is 1. The molecule has 1 aromatic rings. The second kappa shape index (κ2) is 5.63. The lowest BCUT2D eigenvalue weighted by atomic mass is 10.2. The van der Waals surface area contributed by atoms with Crippen LogP contribution in [0.1, 0.15) is 19.3 Å². The number of aromatic nitrogens is 2. The first-order chi connectivity index (χ1) is 8.63. The zero-order valence-electron chi connectivity index (χ0n) is 9.83. The predicted octanol–water partition coefficient (Wildman–Crippen LogP) is 0.475. The molecule has 7 nitrogen and oxygen atoms in total. The lowest BCUT2D eigenvalue weighted by Crippen LogP contribution is -2.19. The van der Waals surface area contributed by atoms with Crippen molar-refractivity contribution in [3.05, 3.63) is 12.3 Å². The van der Waals surface area contributed by atoms with Crippen molar-refractivity contribution in [3.63, 3.8) is 0 Å². The molecule has 2 heterocycles. The number of nitrogens with zero attached hydrogens (tertiary/aromatic N) is 2. The van der Waals surface area contributed by atoms with Crippen LogP contribution in [0.4, 0.5) is 5.82 Å². The third-order valence-electron chi connectivity index (χ3n) is 2.64. The van der Waals surface area contributed by atoms with Gasteiger partial charge in [0.1, 0.15) is 6.54 Å². The number of ether oxygens (including phenoxy) is 1. The van der Waals surface area contributed by atoms with E-state index in [1.807, 2.05) is 0 Å². The molecule has 1 saturated heterocycles. The summed E-state index contributed by atoms with van der Waals surface area (Å²) < 4.78 is 6.61. The molecule has 1 aromatic heterocycles. The van der Waals surface area contributed by atoms with Gasteiger partial charge in [0.25, 0.3) is 0 Å². The fourth-order valence-electron chi connectivity index (χ4n) is 1.86. The average Bonchev–Trinajstić information content (AvgIpc) is 2.89. The topological polar surface area (TPSA) is 93.5 Å². The zero-order valence-corrected chi connectivity index (χ0v) is 9.83. The number of amides is 1.